The molecule has 10 heteroatoms. The molecule has 2 aliphatic rings. The van der Waals surface area contributed by atoms with Crippen molar-refractivity contribution >= 4 is 21.7 Å². The maximum Gasteiger partial charge on any atom is 0.246 e. The van der Waals surface area contributed by atoms with E-state index in [9.17, 15) is 13.2 Å². The molecule has 1 aromatic carbocycles. The largest absolute Gasteiger partial charge is 0.486 e. The lowest BCUT2D eigenvalue weighted by atomic mass is 10.1. The number of nitrogens with zero attached hydrogens (tertiary/aromatic N) is 3. The van der Waals surface area contributed by atoms with E-state index in [0.29, 0.717) is 49.9 Å². The number of anilines is 1. The van der Waals surface area contributed by atoms with Crippen LogP contribution in [0.25, 0.3) is 0 Å². The second-order valence-corrected chi connectivity index (χ2v) is 8.14. The van der Waals surface area contributed by atoms with Gasteiger partial charge in [-0.2, -0.15) is 9.82 Å². The summed E-state index contributed by atoms with van der Waals surface area (Å²) >= 11 is 0. The summed E-state index contributed by atoms with van der Waals surface area (Å²) < 4.78 is 40.6. The molecule has 3 heterocycles. The van der Waals surface area contributed by atoms with Crippen molar-refractivity contribution in [1.82, 2.24) is 14.5 Å². The number of amides is 1. The summed E-state index contributed by atoms with van der Waals surface area (Å²) in [5, 5.41) is 4.07. The highest BCUT2D eigenvalue weighted by Crippen LogP contribution is 2.32. The minimum atomic E-state index is -3.88. The lowest BCUT2D eigenvalue weighted by Gasteiger charge is -2.32. The normalized spacial score (nSPS) is 20.0. The van der Waals surface area contributed by atoms with Crippen LogP contribution in [-0.4, -0.2) is 49.9 Å². The monoisotopic (exact) mass is 392 g/mol. The quantitative estimate of drug-likeness (QED) is 0.820. The number of fused-ring (bicyclic) bond motifs is 1. The van der Waals surface area contributed by atoms with Gasteiger partial charge >= 0.3 is 0 Å². The van der Waals surface area contributed by atoms with Crippen molar-refractivity contribution in [2.24, 2.45) is 7.05 Å². The molecule has 1 N–H and O–H groups in total. The van der Waals surface area contributed by atoms with Crippen LogP contribution in [0, 0.1) is 0 Å². The number of sulfonamides is 1. The molecule has 1 atom stereocenters. The Bertz CT molecular complexity index is 971. The number of aryl methyl sites for hydroxylation is 1. The first-order valence-electron chi connectivity index (χ1n) is 8.67. The number of hydrogen-bond acceptors (Lipinski definition) is 6. The Balaban J connectivity index is 1.55. The topological polar surface area (TPSA) is 103 Å². The molecule has 1 aromatic heterocycles. The molecule has 1 fully saturated rings. The summed E-state index contributed by atoms with van der Waals surface area (Å²) in [5.41, 5.74) is 0. The second-order valence-electron chi connectivity index (χ2n) is 6.42. The Morgan fingerprint density at radius 3 is 2.70 bits per heavy atom. The van der Waals surface area contributed by atoms with Gasteiger partial charge in [0.2, 0.25) is 15.9 Å². The fourth-order valence-corrected chi connectivity index (χ4v) is 4.53. The maximum absolute atomic E-state index is 12.8. The molecule has 0 bridgehead atoms. The third-order valence-corrected chi connectivity index (χ3v) is 6.10. The number of piperidine rings is 1. The van der Waals surface area contributed by atoms with Gasteiger partial charge in [0.25, 0.3) is 0 Å². The smallest absolute Gasteiger partial charge is 0.246 e. The highest BCUT2D eigenvalue weighted by Gasteiger charge is 2.34. The highest BCUT2D eigenvalue weighted by molar-refractivity contribution is 7.89. The van der Waals surface area contributed by atoms with E-state index in [4.69, 9.17) is 9.47 Å². The van der Waals surface area contributed by atoms with Gasteiger partial charge in [-0.1, -0.05) is 0 Å². The molecule has 0 aliphatic carbocycles. The van der Waals surface area contributed by atoms with Gasteiger partial charge in [0.15, 0.2) is 11.5 Å². The van der Waals surface area contributed by atoms with Crippen molar-refractivity contribution in [3.05, 3.63) is 30.5 Å². The van der Waals surface area contributed by atoms with Crippen LogP contribution in [0.1, 0.15) is 12.8 Å². The second kappa shape index (κ2) is 6.86. The zero-order valence-electron chi connectivity index (χ0n) is 14.8. The van der Waals surface area contributed by atoms with Gasteiger partial charge < -0.3 is 9.47 Å². The number of nitrogens with one attached hydrogen (secondary N) is 1. The molecule has 2 aromatic rings. The first-order valence-corrected chi connectivity index (χ1v) is 10.2. The maximum atomic E-state index is 12.8. The van der Waals surface area contributed by atoms with Crippen LogP contribution in [0.3, 0.4) is 0 Å². The number of ether oxygens (including phenoxy) is 2. The molecule has 0 saturated carbocycles. The predicted molar refractivity (Wildman–Crippen MR) is 96.3 cm³/mol. The number of benzene rings is 1. The van der Waals surface area contributed by atoms with Crippen molar-refractivity contribution in [3.8, 4) is 11.5 Å². The Kier molecular flexibility index (Phi) is 4.52. The molecule has 0 spiro atoms. The van der Waals surface area contributed by atoms with Crippen molar-refractivity contribution < 1.29 is 22.7 Å². The van der Waals surface area contributed by atoms with Crippen molar-refractivity contribution in [1.29, 1.82) is 0 Å². The van der Waals surface area contributed by atoms with Gasteiger partial charge in [0, 0.05) is 25.7 Å². The Hall–Kier alpha value is -2.59. The van der Waals surface area contributed by atoms with Gasteiger partial charge in [-0.3, -0.25) is 14.4 Å². The molecule has 1 saturated heterocycles. The Morgan fingerprint density at radius 2 is 1.96 bits per heavy atom. The Labute approximate surface area is 156 Å². The SMILES string of the molecule is Cn1nccc1N1CCC[C@H](NS(=O)(=O)c2ccc3c(c2)OCCO3)C1=O. The molecular weight excluding hydrogens is 372 g/mol. The van der Waals surface area contributed by atoms with Gasteiger partial charge in [-0.15, -0.1) is 0 Å². The zero-order chi connectivity index (χ0) is 19.0. The van der Waals surface area contributed by atoms with Gasteiger partial charge in [0.05, 0.1) is 11.1 Å². The standard InChI is InChI=1S/C17H20N4O5S/c1-20-16(6-7-18-20)21-8-2-3-13(17(21)22)19-27(23,24)12-4-5-14-15(11-12)26-10-9-25-14/h4-7,11,13,19H,2-3,8-10H2,1H3/t13-/m0/s1. The van der Waals surface area contributed by atoms with Crippen LogP contribution in [0.15, 0.2) is 35.4 Å². The van der Waals surface area contributed by atoms with Crippen molar-refractivity contribution in [3.63, 3.8) is 0 Å². The van der Waals surface area contributed by atoms with E-state index < -0.39 is 16.1 Å². The number of carbonyl (C=O) groups excluding carboxylic acids is 1. The lowest BCUT2D eigenvalue weighted by molar-refractivity contribution is -0.121. The van der Waals surface area contributed by atoms with Crippen molar-refractivity contribution in [2.45, 2.75) is 23.8 Å². The molecule has 2 aliphatic heterocycles. The van der Waals surface area contributed by atoms with E-state index in [1.807, 2.05) is 0 Å². The average molecular weight is 392 g/mol. The fourth-order valence-electron chi connectivity index (χ4n) is 3.29. The van der Waals surface area contributed by atoms with Crippen LogP contribution < -0.4 is 19.1 Å². The predicted octanol–water partition coefficient (Wildman–Crippen LogP) is 0.665. The van der Waals surface area contributed by atoms with E-state index in [-0.39, 0.29) is 10.8 Å². The number of hydrogen-bond donors (Lipinski definition) is 1. The van der Waals surface area contributed by atoms with Crippen molar-refractivity contribution in [2.75, 3.05) is 24.7 Å². The van der Waals surface area contributed by atoms with E-state index in [1.165, 1.54) is 12.1 Å². The van der Waals surface area contributed by atoms with Crippen LogP contribution >= 0.6 is 0 Å². The van der Waals surface area contributed by atoms with E-state index in [2.05, 4.69) is 9.82 Å². The first kappa shape index (κ1) is 17.8. The minimum Gasteiger partial charge on any atom is -0.486 e. The first-order chi connectivity index (χ1) is 13.0. The van der Waals surface area contributed by atoms with E-state index in [1.54, 1.807) is 35.0 Å². The van der Waals surface area contributed by atoms with Crippen LogP contribution in [0.5, 0.6) is 11.5 Å². The third-order valence-electron chi connectivity index (χ3n) is 4.63. The number of rotatable bonds is 4. The van der Waals surface area contributed by atoms with E-state index in [0.717, 1.165) is 0 Å². The molecular formula is C17H20N4O5S. The van der Waals surface area contributed by atoms with Crippen LogP contribution in [0.2, 0.25) is 0 Å². The number of carbonyl (C=O) groups is 1. The summed E-state index contributed by atoms with van der Waals surface area (Å²) in [6.07, 6.45) is 2.73. The lowest BCUT2D eigenvalue weighted by Crippen LogP contribution is -2.52. The Morgan fingerprint density at radius 1 is 1.19 bits per heavy atom. The molecule has 4 rings (SSSR count). The molecule has 9 nitrogen and oxygen atoms in total. The van der Waals surface area contributed by atoms with E-state index >= 15 is 0 Å². The van der Waals surface area contributed by atoms with Gasteiger partial charge in [0.1, 0.15) is 25.1 Å². The fraction of sp³-hybridized carbons (Fsp3) is 0.412. The van der Waals surface area contributed by atoms with Crippen LogP contribution in [-0.2, 0) is 21.9 Å². The van der Waals surface area contributed by atoms with Crippen LogP contribution in [0.4, 0.5) is 5.82 Å². The zero-order valence-corrected chi connectivity index (χ0v) is 15.6. The molecule has 144 valence electrons. The summed E-state index contributed by atoms with van der Waals surface area (Å²) in [6.45, 7) is 1.32. The van der Waals surface area contributed by atoms with Gasteiger partial charge in [-0.05, 0) is 25.0 Å². The summed E-state index contributed by atoms with van der Waals surface area (Å²) in [5.74, 6) is 1.25. The molecule has 27 heavy (non-hydrogen) atoms. The summed E-state index contributed by atoms with van der Waals surface area (Å²) in [6, 6.07) is 5.33. The van der Waals surface area contributed by atoms with Gasteiger partial charge in [-0.25, -0.2) is 8.42 Å². The third kappa shape index (κ3) is 3.37. The summed E-state index contributed by atoms with van der Waals surface area (Å²) in [4.78, 5) is 14.4. The molecule has 0 unspecified atom stereocenters. The molecule has 0 radical (unpaired) electrons. The molecule has 1 amide bonds. The average Bonchev–Trinajstić information content (AvgIpc) is 3.08. The highest BCUT2D eigenvalue weighted by atomic mass is 32.2. The number of aromatic nitrogens is 2. The minimum absolute atomic E-state index is 0.0391. The summed E-state index contributed by atoms with van der Waals surface area (Å²) in [7, 11) is -2.14.